The molecule has 1 saturated carbocycles. The van der Waals surface area contributed by atoms with Crippen LogP contribution in [0.4, 0.5) is 26.7 Å². The van der Waals surface area contributed by atoms with Crippen molar-refractivity contribution in [1.82, 2.24) is 5.32 Å². The summed E-state index contributed by atoms with van der Waals surface area (Å²) >= 11 is 0. The molecule has 1 aliphatic rings. The van der Waals surface area contributed by atoms with Crippen molar-refractivity contribution < 1.29 is 31.5 Å². The minimum atomic E-state index is -2.35. The Bertz CT molecular complexity index is 679. The van der Waals surface area contributed by atoms with Crippen molar-refractivity contribution in [2.75, 3.05) is 0 Å². The third kappa shape index (κ3) is 3.51. The van der Waals surface area contributed by atoms with Gasteiger partial charge >= 0.3 is 6.09 Å². The van der Waals surface area contributed by atoms with Crippen molar-refractivity contribution in [3.63, 3.8) is 0 Å². The van der Waals surface area contributed by atoms with Gasteiger partial charge in [-0.2, -0.15) is 8.78 Å². The van der Waals surface area contributed by atoms with Gasteiger partial charge in [0.1, 0.15) is 0 Å². The molecule has 130 valence electrons. The summed E-state index contributed by atoms with van der Waals surface area (Å²) in [5.74, 6) is -13.0. The maximum atomic E-state index is 13.4. The van der Waals surface area contributed by atoms with E-state index in [4.69, 9.17) is 5.53 Å². The molecule has 11 heteroatoms. The van der Waals surface area contributed by atoms with Crippen molar-refractivity contribution in [2.24, 2.45) is 5.11 Å². The molecule has 0 radical (unpaired) electrons. The molecule has 1 fully saturated rings. The predicted octanol–water partition coefficient (Wildman–Crippen LogP) is 4.09. The minimum Gasteiger partial charge on any atom is -0.404 e. The van der Waals surface area contributed by atoms with Crippen molar-refractivity contribution in [2.45, 2.75) is 37.8 Å². The molecule has 0 aliphatic heterocycles. The summed E-state index contributed by atoms with van der Waals surface area (Å²) in [5, 5.41) is 5.70. The molecule has 0 heterocycles. The highest BCUT2D eigenvalue weighted by Crippen LogP contribution is 2.29. The van der Waals surface area contributed by atoms with E-state index in [1.54, 1.807) is 0 Å². The molecule has 2 rings (SSSR count). The molecule has 1 aromatic rings. The molecule has 0 aromatic heterocycles. The second-order valence-corrected chi connectivity index (χ2v) is 5.10. The summed E-state index contributed by atoms with van der Waals surface area (Å²) in [6.45, 7) is 0. The molecule has 0 saturated heterocycles. The third-order valence-electron chi connectivity index (χ3n) is 3.60. The highest BCUT2D eigenvalue weighted by Gasteiger charge is 2.30. The Morgan fingerprint density at radius 2 is 1.58 bits per heavy atom. The maximum absolute atomic E-state index is 13.4. The molecule has 1 aromatic carbocycles. The molecule has 0 unspecified atom stereocenters. The monoisotopic (exact) mass is 350 g/mol. The number of carbonyl (C=O) groups excluding carboxylic acids is 1. The Labute approximate surface area is 132 Å². The van der Waals surface area contributed by atoms with Gasteiger partial charge in [-0.1, -0.05) is 18.0 Å². The number of hydrogen-bond acceptors (Lipinski definition) is 3. The summed E-state index contributed by atoms with van der Waals surface area (Å²) < 4.78 is 70.1. The Morgan fingerprint density at radius 3 is 2.17 bits per heavy atom. The number of ether oxygens (including phenoxy) is 1. The Hall–Kier alpha value is -2.55. The fourth-order valence-electron chi connectivity index (χ4n) is 2.43. The van der Waals surface area contributed by atoms with Crippen LogP contribution in [0.2, 0.25) is 0 Å². The first-order valence-electron chi connectivity index (χ1n) is 6.90. The van der Waals surface area contributed by atoms with Crippen LogP contribution in [0.3, 0.4) is 0 Å². The van der Waals surface area contributed by atoms with E-state index >= 15 is 0 Å². The highest BCUT2D eigenvalue weighted by molar-refractivity contribution is 5.71. The zero-order valence-corrected chi connectivity index (χ0v) is 12.0. The van der Waals surface area contributed by atoms with Gasteiger partial charge in [-0.3, -0.25) is 0 Å². The number of amides is 1. The smallest absolute Gasteiger partial charge is 0.404 e. The van der Waals surface area contributed by atoms with E-state index in [9.17, 15) is 26.7 Å². The summed E-state index contributed by atoms with van der Waals surface area (Å²) in [7, 11) is 0. The van der Waals surface area contributed by atoms with Crippen molar-refractivity contribution >= 4 is 6.09 Å². The SMILES string of the molecule is [N-]=[N+]=N[C@H]1CCCC[C@@H]1NC(=O)Oc1c(F)c(F)c(F)c(F)c1F. The van der Waals surface area contributed by atoms with Gasteiger partial charge in [0.05, 0.1) is 6.04 Å². The first kappa shape index (κ1) is 17.8. The molecule has 24 heavy (non-hydrogen) atoms. The number of benzene rings is 1. The van der Waals surface area contributed by atoms with Gasteiger partial charge in [0.15, 0.2) is 0 Å². The molecule has 1 amide bonds. The first-order chi connectivity index (χ1) is 11.4. The van der Waals surface area contributed by atoms with Gasteiger partial charge < -0.3 is 10.1 Å². The summed E-state index contributed by atoms with van der Waals surface area (Å²) in [6.07, 6.45) is 0.940. The van der Waals surface area contributed by atoms with Gasteiger partial charge in [0, 0.05) is 11.0 Å². The van der Waals surface area contributed by atoms with Crippen LogP contribution in [0.15, 0.2) is 5.11 Å². The van der Waals surface area contributed by atoms with Crippen LogP contribution in [0.1, 0.15) is 25.7 Å². The zero-order chi connectivity index (χ0) is 17.9. The average molecular weight is 350 g/mol. The van der Waals surface area contributed by atoms with Gasteiger partial charge in [0.25, 0.3) is 0 Å². The Morgan fingerprint density at radius 1 is 1.04 bits per heavy atom. The van der Waals surface area contributed by atoms with E-state index in [0.717, 1.165) is 6.42 Å². The van der Waals surface area contributed by atoms with Crippen molar-refractivity contribution in [3.05, 3.63) is 39.5 Å². The number of nitrogens with zero attached hydrogens (tertiary/aromatic N) is 3. The molecular weight excluding hydrogens is 339 g/mol. The molecule has 2 atom stereocenters. The molecule has 6 nitrogen and oxygen atoms in total. The highest BCUT2D eigenvalue weighted by atomic mass is 19.2. The summed E-state index contributed by atoms with van der Waals surface area (Å²) in [4.78, 5) is 14.3. The summed E-state index contributed by atoms with van der Waals surface area (Å²) in [5.41, 5.74) is 8.46. The number of nitrogens with one attached hydrogen (secondary N) is 1. The van der Waals surface area contributed by atoms with Gasteiger partial charge in [0.2, 0.25) is 34.8 Å². The van der Waals surface area contributed by atoms with Crippen molar-refractivity contribution in [1.29, 1.82) is 0 Å². The molecule has 1 aliphatic carbocycles. The van der Waals surface area contributed by atoms with E-state index in [1.165, 1.54) is 0 Å². The summed E-state index contributed by atoms with van der Waals surface area (Å²) in [6, 6.07) is -1.25. The Kier molecular flexibility index (Phi) is 5.45. The number of halogens is 5. The van der Waals surface area contributed by atoms with Gasteiger partial charge in [-0.05, 0) is 18.4 Å². The van der Waals surface area contributed by atoms with Crippen LogP contribution in [0.5, 0.6) is 5.75 Å². The second-order valence-electron chi connectivity index (χ2n) is 5.10. The van der Waals surface area contributed by atoms with Gasteiger partial charge in [-0.15, -0.1) is 0 Å². The lowest BCUT2D eigenvalue weighted by atomic mass is 9.91. The number of rotatable bonds is 3. The van der Waals surface area contributed by atoms with Crippen LogP contribution in [0, 0.1) is 29.1 Å². The van der Waals surface area contributed by atoms with Crippen LogP contribution >= 0.6 is 0 Å². The molecule has 0 bridgehead atoms. The molecular formula is C13H11F5N4O2. The van der Waals surface area contributed by atoms with E-state index in [1.807, 2.05) is 0 Å². The zero-order valence-electron chi connectivity index (χ0n) is 12.0. The van der Waals surface area contributed by atoms with Crippen LogP contribution in [0.25, 0.3) is 10.4 Å². The Balaban J connectivity index is 2.17. The van der Waals surface area contributed by atoms with Crippen molar-refractivity contribution in [3.8, 4) is 5.75 Å². The minimum absolute atomic E-state index is 0.413. The topological polar surface area (TPSA) is 87.1 Å². The predicted molar refractivity (Wildman–Crippen MR) is 70.6 cm³/mol. The third-order valence-corrected chi connectivity index (χ3v) is 3.60. The standard InChI is InChI=1S/C13H11F5N4O2/c14-7-8(15)10(17)12(11(18)9(7)16)24-13(23)20-5-3-1-2-4-6(5)21-22-19/h5-6H,1-4H2,(H,20,23)/t5-,6-/m0/s1. The fraction of sp³-hybridized carbons (Fsp3) is 0.462. The van der Waals surface area contributed by atoms with Crippen LogP contribution < -0.4 is 10.1 Å². The van der Waals surface area contributed by atoms with Gasteiger partial charge in [-0.25, -0.2) is 18.0 Å². The number of azide groups is 1. The van der Waals surface area contributed by atoms with E-state index in [2.05, 4.69) is 20.1 Å². The molecule has 1 N–H and O–H groups in total. The fourth-order valence-corrected chi connectivity index (χ4v) is 2.43. The average Bonchev–Trinajstić information content (AvgIpc) is 2.57. The van der Waals surface area contributed by atoms with E-state index in [0.29, 0.717) is 19.3 Å². The van der Waals surface area contributed by atoms with Crippen LogP contribution in [-0.4, -0.2) is 18.2 Å². The normalized spacial score (nSPS) is 20.2. The largest absolute Gasteiger partial charge is 0.413 e. The lowest BCUT2D eigenvalue weighted by Gasteiger charge is -2.28. The lowest BCUT2D eigenvalue weighted by Crippen LogP contribution is -2.45. The first-order valence-corrected chi connectivity index (χ1v) is 6.90. The van der Waals surface area contributed by atoms with E-state index in [-0.39, 0.29) is 0 Å². The maximum Gasteiger partial charge on any atom is 0.413 e. The van der Waals surface area contributed by atoms with Crippen LogP contribution in [-0.2, 0) is 0 Å². The number of carbonyl (C=O) groups is 1. The second kappa shape index (κ2) is 7.35. The lowest BCUT2D eigenvalue weighted by molar-refractivity contribution is 0.182. The quantitative estimate of drug-likeness (QED) is 0.222. The molecule has 0 spiro atoms. The number of hydrogen-bond donors (Lipinski definition) is 1. The van der Waals surface area contributed by atoms with E-state index < -0.39 is 53.0 Å².